The summed E-state index contributed by atoms with van der Waals surface area (Å²) in [5.74, 6) is 0.0651. The number of nitrogens with one attached hydrogen (secondary N) is 2. The van der Waals surface area contributed by atoms with Gasteiger partial charge in [0, 0.05) is 33.1 Å². The van der Waals surface area contributed by atoms with E-state index in [4.69, 9.17) is 0 Å². The molecule has 3 amide bonds. The second-order valence-electron chi connectivity index (χ2n) is 3.38. The summed E-state index contributed by atoms with van der Waals surface area (Å²) < 4.78 is 0. The molecule has 1 unspecified atom stereocenters. The van der Waals surface area contributed by atoms with Crippen molar-refractivity contribution >= 4 is 11.9 Å². The van der Waals surface area contributed by atoms with Crippen molar-refractivity contribution in [1.29, 1.82) is 0 Å². The van der Waals surface area contributed by atoms with E-state index >= 15 is 0 Å². The van der Waals surface area contributed by atoms with Crippen LogP contribution in [0.5, 0.6) is 0 Å². The summed E-state index contributed by atoms with van der Waals surface area (Å²) in [5, 5.41) is 5.52. The molecule has 1 fully saturated rings. The molecule has 1 aliphatic heterocycles. The second-order valence-corrected chi connectivity index (χ2v) is 3.38. The standard InChI is InChI=1S/C8H15N3O2/c1-11(2)8(13)10-6-3-4-7(12)9-5-6/h6H,3-5H2,1-2H3,(H,9,12)(H,10,13). The first-order valence-electron chi connectivity index (χ1n) is 4.34. The molecule has 0 spiro atoms. The lowest BCUT2D eigenvalue weighted by Gasteiger charge is -2.24. The van der Waals surface area contributed by atoms with E-state index in [0.717, 1.165) is 6.42 Å². The predicted molar refractivity (Wildman–Crippen MR) is 48.3 cm³/mol. The monoisotopic (exact) mass is 185 g/mol. The molecule has 0 radical (unpaired) electrons. The topological polar surface area (TPSA) is 61.4 Å². The smallest absolute Gasteiger partial charge is 0.317 e. The van der Waals surface area contributed by atoms with Gasteiger partial charge in [-0.1, -0.05) is 0 Å². The lowest BCUT2D eigenvalue weighted by molar-refractivity contribution is -0.122. The van der Waals surface area contributed by atoms with Crippen LogP contribution in [0.1, 0.15) is 12.8 Å². The largest absolute Gasteiger partial charge is 0.354 e. The Balaban J connectivity index is 2.30. The van der Waals surface area contributed by atoms with Crippen LogP contribution in [0.4, 0.5) is 4.79 Å². The van der Waals surface area contributed by atoms with Crippen LogP contribution >= 0.6 is 0 Å². The Bertz CT molecular complexity index is 205. The number of hydrogen-bond acceptors (Lipinski definition) is 2. The number of amides is 3. The van der Waals surface area contributed by atoms with E-state index in [-0.39, 0.29) is 18.0 Å². The van der Waals surface area contributed by atoms with Crippen LogP contribution < -0.4 is 10.6 Å². The summed E-state index contributed by atoms with van der Waals surface area (Å²) in [6.45, 7) is 0.540. The second kappa shape index (κ2) is 4.11. The first kappa shape index (κ1) is 9.83. The third kappa shape index (κ3) is 2.93. The maximum absolute atomic E-state index is 11.2. The van der Waals surface area contributed by atoms with Gasteiger partial charge in [-0.25, -0.2) is 4.79 Å². The molecule has 1 rings (SSSR count). The van der Waals surface area contributed by atoms with Gasteiger partial charge in [-0.2, -0.15) is 0 Å². The highest BCUT2D eigenvalue weighted by molar-refractivity contribution is 5.78. The van der Waals surface area contributed by atoms with Gasteiger partial charge in [-0.3, -0.25) is 4.79 Å². The Morgan fingerprint density at radius 1 is 1.62 bits per heavy atom. The van der Waals surface area contributed by atoms with Crippen molar-refractivity contribution in [3.8, 4) is 0 Å². The van der Waals surface area contributed by atoms with E-state index in [2.05, 4.69) is 10.6 Å². The van der Waals surface area contributed by atoms with Crippen molar-refractivity contribution in [3.05, 3.63) is 0 Å². The Hall–Kier alpha value is -1.26. The quantitative estimate of drug-likeness (QED) is 0.580. The molecule has 0 saturated carbocycles. The van der Waals surface area contributed by atoms with Gasteiger partial charge in [0.2, 0.25) is 5.91 Å². The Morgan fingerprint density at radius 3 is 2.77 bits per heavy atom. The zero-order chi connectivity index (χ0) is 9.84. The summed E-state index contributed by atoms with van der Waals surface area (Å²) in [5.41, 5.74) is 0. The van der Waals surface area contributed by atoms with Gasteiger partial charge in [0.15, 0.2) is 0 Å². The molecule has 5 nitrogen and oxygen atoms in total. The highest BCUT2D eigenvalue weighted by Crippen LogP contribution is 2.02. The number of piperidine rings is 1. The molecule has 1 heterocycles. The maximum atomic E-state index is 11.2. The zero-order valence-corrected chi connectivity index (χ0v) is 7.96. The van der Waals surface area contributed by atoms with Crippen LogP contribution in [0.25, 0.3) is 0 Å². The van der Waals surface area contributed by atoms with E-state index in [1.165, 1.54) is 4.90 Å². The number of urea groups is 1. The van der Waals surface area contributed by atoms with Crippen LogP contribution in [0.2, 0.25) is 0 Å². The first-order chi connectivity index (χ1) is 6.09. The molecule has 0 aromatic carbocycles. The molecule has 13 heavy (non-hydrogen) atoms. The van der Waals surface area contributed by atoms with Gasteiger partial charge in [0.05, 0.1) is 0 Å². The molecule has 0 aromatic rings. The minimum Gasteiger partial charge on any atom is -0.354 e. The summed E-state index contributed by atoms with van der Waals surface area (Å²) in [6, 6.07) is -0.0336. The maximum Gasteiger partial charge on any atom is 0.317 e. The van der Waals surface area contributed by atoms with E-state index < -0.39 is 0 Å². The van der Waals surface area contributed by atoms with Crippen molar-refractivity contribution in [2.24, 2.45) is 0 Å². The molecular formula is C8H15N3O2. The van der Waals surface area contributed by atoms with Gasteiger partial charge in [-0.15, -0.1) is 0 Å². The predicted octanol–water partition coefficient (Wildman–Crippen LogP) is -0.464. The number of carbonyl (C=O) groups excluding carboxylic acids is 2. The molecule has 2 N–H and O–H groups in total. The molecule has 0 aliphatic carbocycles. The highest BCUT2D eigenvalue weighted by atomic mass is 16.2. The number of carbonyl (C=O) groups is 2. The first-order valence-corrected chi connectivity index (χ1v) is 4.34. The number of nitrogens with zero attached hydrogens (tertiary/aromatic N) is 1. The fraction of sp³-hybridized carbons (Fsp3) is 0.750. The Labute approximate surface area is 77.5 Å². The third-order valence-corrected chi connectivity index (χ3v) is 2.00. The fourth-order valence-electron chi connectivity index (χ4n) is 1.16. The summed E-state index contributed by atoms with van der Waals surface area (Å²) in [4.78, 5) is 23.5. The molecule has 0 aromatic heterocycles. The van der Waals surface area contributed by atoms with E-state index in [0.29, 0.717) is 13.0 Å². The van der Waals surface area contributed by atoms with Gasteiger partial charge in [-0.05, 0) is 6.42 Å². The molecule has 5 heteroatoms. The molecule has 0 bridgehead atoms. The molecule has 74 valence electrons. The number of hydrogen-bond donors (Lipinski definition) is 2. The number of rotatable bonds is 1. The minimum atomic E-state index is -0.110. The summed E-state index contributed by atoms with van der Waals surface area (Å²) >= 11 is 0. The molecular weight excluding hydrogens is 170 g/mol. The van der Waals surface area contributed by atoms with Crippen molar-refractivity contribution in [2.75, 3.05) is 20.6 Å². The van der Waals surface area contributed by atoms with Gasteiger partial charge >= 0.3 is 6.03 Å². The normalized spacial score (nSPS) is 22.0. The SMILES string of the molecule is CN(C)C(=O)NC1CCC(=O)NC1. The van der Waals surface area contributed by atoms with E-state index in [1.807, 2.05) is 0 Å². The zero-order valence-electron chi connectivity index (χ0n) is 7.96. The fourth-order valence-corrected chi connectivity index (χ4v) is 1.16. The average molecular weight is 185 g/mol. The van der Waals surface area contributed by atoms with E-state index in [1.54, 1.807) is 14.1 Å². The van der Waals surface area contributed by atoms with Crippen LogP contribution in [0, 0.1) is 0 Å². The third-order valence-electron chi connectivity index (χ3n) is 2.00. The van der Waals surface area contributed by atoms with Crippen molar-refractivity contribution < 1.29 is 9.59 Å². The lowest BCUT2D eigenvalue weighted by Crippen LogP contribution is -2.50. The van der Waals surface area contributed by atoms with Gasteiger partial charge < -0.3 is 15.5 Å². The van der Waals surface area contributed by atoms with Crippen LogP contribution in [0.3, 0.4) is 0 Å². The molecule has 1 saturated heterocycles. The minimum absolute atomic E-state index is 0.0651. The van der Waals surface area contributed by atoms with Crippen molar-refractivity contribution in [3.63, 3.8) is 0 Å². The lowest BCUT2D eigenvalue weighted by atomic mass is 10.1. The van der Waals surface area contributed by atoms with Crippen molar-refractivity contribution in [1.82, 2.24) is 15.5 Å². The van der Waals surface area contributed by atoms with Crippen molar-refractivity contribution in [2.45, 2.75) is 18.9 Å². The van der Waals surface area contributed by atoms with Gasteiger partial charge in [0.25, 0.3) is 0 Å². The summed E-state index contributed by atoms with van der Waals surface area (Å²) in [7, 11) is 3.38. The Morgan fingerprint density at radius 2 is 2.31 bits per heavy atom. The molecule has 1 atom stereocenters. The van der Waals surface area contributed by atoms with Gasteiger partial charge in [0.1, 0.15) is 0 Å². The Kier molecular flexibility index (Phi) is 3.11. The average Bonchev–Trinajstić information content (AvgIpc) is 2.08. The van der Waals surface area contributed by atoms with Crippen LogP contribution in [-0.2, 0) is 4.79 Å². The highest BCUT2D eigenvalue weighted by Gasteiger charge is 2.19. The van der Waals surface area contributed by atoms with E-state index in [9.17, 15) is 9.59 Å². The van der Waals surface area contributed by atoms with Crippen LogP contribution in [-0.4, -0.2) is 43.5 Å². The summed E-state index contributed by atoms with van der Waals surface area (Å²) in [6.07, 6.45) is 1.23. The van der Waals surface area contributed by atoms with Crippen LogP contribution in [0.15, 0.2) is 0 Å². The molecule has 1 aliphatic rings.